The van der Waals surface area contributed by atoms with Crippen molar-refractivity contribution in [1.29, 1.82) is 0 Å². The monoisotopic (exact) mass is 447 g/mol. The number of methoxy groups -OCH3 is 1. The molecular formula is C22H29N3O5S. The van der Waals surface area contributed by atoms with Crippen molar-refractivity contribution in [2.45, 2.75) is 23.8 Å². The first-order valence-electron chi connectivity index (χ1n) is 10.2. The third-order valence-corrected chi connectivity index (χ3v) is 7.10. The highest BCUT2D eigenvalue weighted by atomic mass is 32.2. The minimum atomic E-state index is -3.46. The van der Waals surface area contributed by atoms with Gasteiger partial charge in [0.05, 0.1) is 18.0 Å². The van der Waals surface area contributed by atoms with Gasteiger partial charge in [0.2, 0.25) is 15.9 Å². The highest BCUT2D eigenvalue weighted by Gasteiger charge is 2.30. The first-order valence-corrected chi connectivity index (χ1v) is 11.6. The summed E-state index contributed by atoms with van der Waals surface area (Å²) in [5, 5.41) is 2.96. The van der Waals surface area contributed by atoms with E-state index in [0.29, 0.717) is 18.9 Å². The Morgan fingerprint density at radius 1 is 1.10 bits per heavy atom. The number of anilines is 1. The minimum absolute atomic E-state index is 0.0269. The SMILES string of the molecule is COc1ccc(NC(=O)C2CCCN2CCOc2ccc(S(=O)(=O)N(C)C)cc2)cc1. The van der Waals surface area contributed by atoms with Gasteiger partial charge < -0.3 is 14.8 Å². The number of carbonyl (C=O) groups is 1. The second-order valence-corrected chi connectivity index (χ2v) is 9.67. The predicted molar refractivity (Wildman–Crippen MR) is 119 cm³/mol. The van der Waals surface area contributed by atoms with Crippen molar-refractivity contribution >= 4 is 21.6 Å². The topological polar surface area (TPSA) is 88.2 Å². The third kappa shape index (κ3) is 5.75. The maximum atomic E-state index is 12.7. The Labute approximate surface area is 183 Å². The third-order valence-electron chi connectivity index (χ3n) is 5.27. The molecule has 0 radical (unpaired) electrons. The number of hydrogen-bond donors (Lipinski definition) is 1. The number of amides is 1. The number of ether oxygens (including phenoxy) is 2. The van der Waals surface area contributed by atoms with Crippen LogP contribution in [0, 0.1) is 0 Å². The molecule has 0 aliphatic carbocycles. The van der Waals surface area contributed by atoms with Crippen LogP contribution in [-0.4, -0.2) is 70.5 Å². The maximum Gasteiger partial charge on any atom is 0.242 e. The molecule has 168 valence electrons. The Morgan fingerprint density at radius 2 is 1.74 bits per heavy atom. The lowest BCUT2D eigenvalue weighted by atomic mass is 10.2. The van der Waals surface area contributed by atoms with Gasteiger partial charge in [-0.1, -0.05) is 0 Å². The van der Waals surface area contributed by atoms with E-state index in [0.717, 1.165) is 30.8 Å². The van der Waals surface area contributed by atoms with Crippen LogP contribution in [0.25, 0.3) is 0 Å². The van der Waals surface area contributed by atoms with E-state index in [2.05, 4.69) is 10.2 Å². The van der Waals surface area contributed by atoms with Gasteiger partial charge in [0.25, 0.3) is 0 Å². The Kier molecular flexibility index (Phi) is 7.53. The van der Waals surface area contributed by atoms with E-state index in [9.17, 15) is 13.2 Å². The summed E-state index contributed by atoms with van der Waals surface area (Å²) in [5.74, 6) is 1.31. The molecule has 1 N–H and O–H groups in total. The summed E-state index contributed by atoms with van der Waals surface area (Å²) in [6.45, 7) is 1.86. The maximum absolute atomic E-state index is 12.7. The molecule has 0 spiro atoms. The molecule has 2 aromatic carbocycles. The zero-order valence-corrected chi connectivity index (χ0v) is 18.9. The molecule has 2 aromatic rings. The molecule has 1 unspecified atom stereocenters. The van der Waals surface area contributed by atoms with Gasteiger partial charge in [-0.3, -0.25) is 9.69 Å². The zero-order valence-electron chi connectivity index (χ0n) is 18.1. The molecular weight excluding hydrogens is 418 g/mol. The van der Waals surface area contributed by atoms with Crippen molar-refractivity contribution in [3.8, 4) is 11.5 Å². The van der Waals surface area contributed by atoms with Crippen LogP contribution in [0.5, 0.6) is 11.5 Å². The molecule has 1 amide bonds. The second-order valence-electron chi connectivity index (χ2n) is 7.52. The van der Waals surface area contributed by atoms with Gasteiger partial charge in [0.15, 0.2) is 0 Å². The number of rotatable bonds is 9. The highest BCUT2D eigenvalue weighted by Crippen LogP contribution is 2.21. The van der Waals surface area contributed by atoms with Crippen LogP contribution < -0.4 is 14.8 Å². The standard InChI is InChI=1S/C22H29N3O5S/c1-24(2)31(27,28)20-12-10-19(11-13-20)30-16-15-25-14-4-5-21(25)22(26)23-17-6-8-18(29-3)9-7-17/h6-13,21H,4-5,14-16H2,1-3H3,(H,23,26). The van der Waals surface area contributed by atoms with Gasteiger partial charge in [0.1, 0.15) is 18.1 Å². The van der Waals surface area contributed by atoms with Crippen LogP contribution >= 0.6 is 0 Å². The summed E-state index contributed by atoms with van der Waals surface area (Å²) in [6, 6.07) is 13.4. The predicted octanol–water partition coefficient (Wildman–Crippen LogP) is 2.43. The number of hydrogen-bond acceptors (Lipinski definition) is 6. The van der Waals surface area contributed by atoms with Crippen molar-refractivity contribution in [3.05, 3.63) is 48.5 Å². The molecule has 0 saturated carbocycles. The number of nitrogens with zero attached hydrogens (tertiary/aromatic N) is 2. The highest BCUT2D eigenvalue weighted by molar-refractivity contribution is 7.89. The number of likely N-dealkylation sites (tertiary alicyclic amines) is 1. The van der Waals surface area contributed by atoms with Crippen LogP contribution in [0.15, 0.2) is 53.4 Å². The van der Waals surface area contributed by atoms with Gasteiger partial charge in [0, 0.05) is 26.3 Å². The second kappa shape index (κ2) is 10.1. The largest absolute Gasteiger partial charge is 0.497 e. The van der Waals surface area contributed by atoms with Crippen LogP contribution in [-0.2, 0) is 14.8 Å². The van der Waals surface area contributed by atoms with Crippen molar-refractivity contribution in [2.24, 2.45) is 0 Å². The van der Waals surface area contributed by atoms with Gasteiger partial charge in [-0.2, -0.15) is 0 Å². The summed E-state index contributed by atoms with van der Waals surface area (Å²) in [4.78, 5) is 15.1. The first kappa shape index (κ1) is 23.1. The van der Waals surface area contributed by atoms with Gasteiger partial charge in [-0.25, -0.2) is 12.7 Å². The Morgan fingerprint density at radius 3 is 2.35 bits per heavy atom. The molecule has 9 heteroatoms. The molecule has 0 aromatic heterocycles. The van der Waals surface area contributed by atoms with E-state index in [1.807, 2.05) is 24.3 Å². The van der Waals surface area contributed by atoms with Crippen molar-refractivity contribution in [3.63, 3.8) is 0 Å². The van der Waals surface area contributed by atoms with Crippen LogP contribution in [0.2, 0.25) is 0 Å². The van der Waals surface area contributed by atoms with E-state index in [1.165, 1.54) is 30.5 Å². The number of carbonyl (C=O) groups excluding carboxylic acids is 1. The summed E-state index contributed by atoms with van der Waals surface area (Å²) in [6.07, 6.45) is 1.76. The molecule has 31 heavy (non-hydrogen) atoms. The minimum Gasteiger partial charge on any atom is -0.497 e. The van der Waals surface area contributed by atoms with Crippen molar-refractivity contribution < 1.29 is 22.7 Å². The van der Waals surface area contributed by atoms with Gasteiger partial charge >= 0.3 is 0 Å². The summed E-state index contributed by atoms with van der Waals surface area (Å²) in [5.41, 5.74) is 0.738. The van der Waals surface area contributed by atoms with E-state index < -0.39 is 10.0 Å². The molecule has 1 saturated heterocycles. The molecule has 1 atom stereocenters. The summed E-state index contributed by atoms with van der Waals surface area (Å²) in [7, 11) is 1.14. The Bertz CT molecular complexity index is 975. The van der Waals surface area contributed by atoms with Crippen LogP contribution in [0.1, 0.15) is 12.8 Å². The van der Waals surface area contributed by atoms with E-state index in [-0.39, 0.29) is 16.8 Å². The molecule has 1 aliphatic heterocycles. The smallest absolute Gasteiger partial charge is 0.242 e. The lowest BCUT2D eigenvalue weighted by Crippen LogP contribution is -2.41. The number of nitrogens with one attached hydrogen (secondary N) is 1. The van der Waals surface area contributed by atoms with E-state index >= 15 is 0 Å². The lowest BCUT2D eigenvalue weighted by Gasteiger charge is -2.23. The van der Waals surface area contributed by atoms with E-state index in [4.69, 9.17) is 9.47 Å². The fourth-order valence-corrected chi connectivity index (χ4v) is 4.39. The normalized spacial score (nSPS) is 17.0. The first-order chi connectivity index (χ1) is 14.8. The molecule has 3 rings (SSSR count). The van der Waals surface area contributed by atoms with Crippen molar-refractivity contribution in [2.75, 3.05) is 46.2 Å². The van der Waals surface area contributed by atoms with E-state index in [1.54, 1.807) is 19.2 Å². The number of sulfonamides is 1. The Hall–Kier alpha value is -2.62. The van der Waals surface area contributed by atoms with Gasteiger partial charge in [-0.05, 0) is 67.9 Å². The van der Waals surface area contributed by atoms with Gasteiger partial charge in [-0.15, -0.1) is 0 Å². The quantitative estimate of drug-likeness (QED) is 0.635. The average Bonchev–Trinajstić information content (AvgIpc) is 3.23. The van der Waals surface area contributed by atoms with Crippen molar-refractivity contribution in [1.82, 2.24) is 9.21 Å². The van der Waals surface area contributed by atoms with Crippen LogP contribution in [0.3, 0.4) is 0 Å². The fraction of sp³-hybridized carbons (Fsp3) is 0.409. The lowest BCUT2D eigenvalue weighted by molar-refractivity contribution is -0.120. The molecule has 0 bridgehead atoms. The summed E-state index contributed by atoms with van der Waals surface area (Å²) < 4.78 is 36.3. The molecule has 1 heterocycles. The Balaban J connectivity index is 1.51. The molecule has 8 nitrogen and oxygen atoms in total. The average molecular weight is 448 g/mol. The molecule has 1 aliphatic rings. The molecule has 1 fully saturated rings. The fourth-order valence-electron chi connectivity index (χ4n) is 3.49. The summed E-state index contributed by atoms with van der Waals surface area (Å²) >= 11 is 0. The zero-order chi connectivity index (χ0) is 22.4. The van der Waals surface area contributed by atoms with Crippen LogP contribution in [0.4, 0.5) is 5.69 Å². The number of benzene rings is 2.